The normalized spacial score (nSPS) is 24.9. The molecule has 20 heavy (non-hydrogen) atoms. The van der Waals surface area contributed by atoms with Crippen LogP contribution in [0.25, 0.3) is 0 Å². The molecular weight excluding hydrogens is 256 g/mol. The van der Waals surface area contributed by atoms with E-state index in [1.54, 1.807) is 6.07 Å². The van der Waals surface area contributed by atoms with Gasteiger partial charge in [-0.05, 0) is 52.2 Å². The molecule has 2 aliphatic heterocycles. The van der Waals surface area contributed by atoms with Gasteiger partial charge in [-0.3, -0.25) is 9.69 Å². The number of piperidine rings is 1. The molecule has 2 N–H and O–H groups in total. The zero-order valence-electron chi connectivity index (χ0n) is 11.9. The summed E-state index contributed by atoms with van der Waals surface area (Å²) in [4.78, 5) is 14.8. The Morgan fingerprint density at radius 3 is 2.95 bits per heavy atom. The van der Waals surface area contributed by atoms with Crippen molar-refractivity contribution in [3.8, 4) is 0 Å². The van der Waals surface area contributed by atoms with Gasteiger partial charge in [0.05, 0.1) is 6.04 Å². The van der Waals surface area contributed by atoms with Crippen LogP contribution in [0.2, 0.25) is 0 Å². The van der Waals surface area contributed by atoms with Crippen LogP contribution in [-0.2, 0) is 4.79 Å². The highest BCUT2D eigenvalue weighted by atomic mass is 16.5. The van der Waals surface area contributed by atoms with Crippen LogP contribution in [0.4, 0.5) is 5.82 Å². The molecule has 1 amide bonds. The standard InChI is InChI=1S/C14H22N4O2/c1-10-9-13(17-20-10)16-14(19)12-3-2-8-18(12)11-4-6-15-7-5-11/h9,11-12,15H,2-8H2,1H3,(H,16,17,19). The third-order valence-corrected chi connectivity index (χ3v) is 4.25. The van der Waals surface area contributed by atoms with Gasteiger partial charge < -0.3 is 15.2 Å². The number of carbonyl (C=O) groups is 1. The van der Waals surface area contributed by atoms with Crippen molar-refractivity contribution in [2.24, 2.45) is 0 Å². The maximum absolute atomic E-state index is 12.4. The summed E-state index contributed by atoms with van der Waals surface area (Å²) in [5.74, 6) is 1.28. The molecule has 3 rings (SSSR count). The van der Waals surface area contributed by atoms with Gasteiger partial charge in [0, 0.05) is 12.1 Å². The van der Waals surface area contributed by atoms with E-state index in [-0.39, 0.29) is 11.9 Å². The Balaban J connectivity index is 1.63. The van der Waals surface area contributed by atoms with Crippen molar-refractivity contribution in [2.45, 2.75) is 44.7 Å². The first-order valence-electron chi connectivity index (χ1n) is 7.44. The molecule has 0 bridgehead atoms. The second kappa shape index (κ2) is 5.93. The molecule has 0 aromatic carbocycles. The number of aromatic nitrogens is 1. The van der Waals surface area contributed by atoms with Crippen LogP contribution < -0.4 is 10.6 Å². The lowest BCUT2D eigenvalue weighted by Gasteiger charge is -2.35. The van der Waals surface area contributed by atoms with E-state index in [4.69, 9.17) is 4.52 Å². The molecule has 6 nitrogen and oxygen atoms in total. The zero-order chi connectivity index (χ0) is 13.9. The van der Waals surface area contributed by atoms with E-state index in [1.165, 1.54) is 0 Å². The Kier molecular flexibility index (Phi) is 4.03. The third kappa shape index (κ3) is 2.86. The highest BCUT2D eigenvalue weighted by Crippen LogP contribution is 2.25. The quantitative estimate of drug-likeness (QED) is 0.867. The van der Waals surface area contributed by atoms with Crippen molar-refractivity contribution in [2.75, 3.05) is 25.0 Å². The second-order valence-corrected chi connectivity index (χ2v) is 5.69. The van der Waals surface area contributed by atoms with E-state index < -0.39 is 0 Å². The number of carbonyl (C=O) groups excluding carboxylic acids is 1. The van der Waals surface area contributed by atoms with Crippen molar-refractivity contribution < 1.29 is 9.32 Å². The maximum atomic E-state index is 12.4. The van der Waals surface area contributed by atoms with Gasteiger partial charge in [-0.2, -0.15) is 0 Å². The van der Waals surface area contributed by atoms with Gasteiger partial charge >= 0.3 is 0 Å². The first kappa shape index (κ1) is 13.6. The molecule has 0 saturated carbocycles. The largest absolute Gasteiger partial charge is 0.360 e. The predicted octanol–water partition coefficient (Wildman–Crippen LogP) is 1.14. The highest BCUT2D eigenvalue weighted by Gasteiger charge is 2.35. The Morgan fingerprint density at radius 2 is 2.25 bits per heavy atom. The first-order valence-corrected chi connectivity index (χ1v) is 7.44. The Morgan fingerprint density at radius 1 is 1.45 bits per heavy atom. The van der Waals surface area contributed by atoms with E-state index >= 15 is 0 Å². The van der Waals surface area contributed by atoms with Gasteiger partial charge in [-0.25, -0.2) is 0 Å². The molecule has 2 fully saturated rings. The van der Waals surface area contributed by atoms with Crippen molar-refractivity contribution in [1.82, 2.24) is 15.4 Å². The molecule has 0 radical (unpaired) electrons. The number of anilines is 1. The first-order chi connectivity index (χ1) is 9.74. The zero-order valence-corrected chi connectivity index (χ0v) is 11.9. The summed E-state index contributed by atoms with van der Waals surface area (Å²) in [5, 5.41) is 10.1. The van der Waals surface area contributed by atoms with Crippen LogP contribution in [0, 0.1) is 6.92 Å². The SMILES string of the molecule is Cc1cc(NC(=O)C2CCCN2C2CCNCC2)no1. The maximum Gasteiger partial charge on any atom is 0.242 e. The summed E-state index contributed by atoms with van der Waals surface area (Å²) in [6.45, 7) is 4.95. The van der Waals surface area contributed by atoms with Gasteiger partial charge in [0.2, 0.25) is 5.91 Å². The highest BCUT2D eigenvalue weighted by molar-refractivity contribution is 5.94. The van der Waals surface area contributed by atoms with E-state index in [9.17, 15) is 4.79 Å². The number of likely N-dealkylation sites (tertiary alicyclic amines) is 1. The average Bonchev–Trinajstić information content (AvgIpc) is 3.09. The number of rotatable bonds is 3. The summed E-state index contributed by atoms with van der Waals surface area (Å²) in [6, 6.07) is 2.27. The molecule has 0 spiro atoms. The van der Waals surface area contributed by atoms with Crippen molar-refractivity contribution in [3.05, 3.63) is 11.8 Å². The smallest absolute Gasteiger partial charge is 0.242 e. The van der Waals surface area contributed by atoms with Crippen molar-refractivity contribution >= 4 is 11.7 Å². The lowest BCUT2D eigenvalue weighted by molar-refractivity contribution is -0.121. The number of hydrogen-bond acceptors (Lipinski definition) is 5. The molecule has 2 saturated heterocycles. The van der Waals surface area contributed by atoms with Crippen LogP contribution >= 0.6 is 0 Å². The second-order valence-electron chi connectivity index (χ2n) is 5.69. The van der Waals surface area contributed by atoms with E-state index in [1.807, 2.05) is 6.92 Å². The predicted molar refractivity (Wildman–Crippen MR) is 75.5 cm³/mol. The number of nitrogens with one attached hydrogen (secondary N) is 2. The molecule has 3 heterocycles. The molecule has 2 aliphatic rings. The Hall–Kier alpha value is -1.40. The van der Waals surface area contributed by atoms with Crippen LogP contribution in [0.5, 0.6) is 0 Å². The van der Waals surface area contributed by atoms with Gasteiger partial charge in [0.15, 0.2) is 5.82 Å². The molecule has 1 unspecified atom stereocenters. The van der Waals surface area contributed by atoms with Gasteiger partial charge in [-0.1, -0.05) is 5.16 Å². The van der Waals surface area contributed by atoms with Crippen LogP contribution in [0.15, 0.2) is 10.6 Å². The summed E-state index contributed by atoms with van der Waals surface area (Å²) in [7, 11) is 0. The number of aryl methyl sites for hydroxylation is 1. The van der Waals surface area contributed by atoms with Crippen LogP contribution in [-0.4, -0.2) is 47.7 Å². The fourth-order valence-corrected chi connectivity index (χ4v) is 3.28. The third-order valence-electron chi connectivity index (χ3n) is 4.25. The molecule has 1 atom stereocenters. The van der Waals surface area contributed by atoms with Crippen LogP contribution in [0.1, 0.15) is 31.4 Å². The molecular formula is C14H22N4O2. The molecule has 0 aliphatic carbocycles. The van der Waals surface area contributed by atoms with Gasteiger partial charge in [0.1, 0.15) is 5.76 Å². The Labute approximate surface area is 118 Å². The minimum atomic E-state index is -0.0184. The molecule has 6 heteroatoms. The summed E-state index contributed by atoms with van der Waals surface area (Å²) in [5.41, 5.74) is 0. The van der Waals surface area contributed by atoms with Gasteiger partial charge in [-0.15, -0.1) is 0 Å². The lowest BCUT2D eigenvalue weighted by atomic mass is 10.0. The fourth-order valence-electron chi connectivity index (χ4n) is 3.28. The Bertz CT molecular complexity index is 467. The average molecular weight is 278 g/mol. The lowest BCUT2D eigenvalue weighted by Crippen LogP contribution is -2.49. The van der Waals surface area contributed by atoms with Crippen molar-refractivity contribution in [1.29, 1.82) is 0 Å². The summed E-state index contributed by atoms with van der Waals surface area (Å²) in [6.07, 6.45) is 4.30. The minimum absolute atomic E-state index is 0.0184. The summed E-state index contributed by atoms with van der Waals surface area (Å²) < 4.78 is 4.98. The van der Waals surface area contributed by atoms with E-state index in [0.29, 0.717) is 17.6 Å². The van der Waals surface area contributed by atoms with Crippen LogP contribution in [0.3, 0.4) is 0 Å². The minimum Gasteiger partial charge on any atom is -0.360 e. The summed E-state index contributed by atoms with van der Waals surface area (Å²) >= 11 is 0. The molecule has 1 aromatic heterocycles. The fraction of sp³-hybridized carbons (Fsp3) is 0.714. The number of hydrogen-bond donors (Lipinski definition) is 2. The number of nitrogens with zero attached hydrogens (tertiary/aromatic N) is 2. The van der Waals surface area contributed by atoms with Crippen molar-refractivity contribution in [3.63, 3.8) is 0 Å². The van der Waals surface area contributed by atoms with E-state index in [2.05, 4.69) is 20.7 Å². The molecule has 110 valence electrons. The van der Waals surface area contributed by atoms with Gasteiger partial charge in [0.25, 0.3) is 0 Å². The topological polar surface area (TPSA) is 70.4 Å². The molecule has 1 aromatic rings. The monoisotopic (exact) mass is 278 g/mol. The number of amides is 1. The van der Waals surface area contributed by atoms with E-state index in [0.717, 1.165) is 45.3 Å².